The van der Waals surface area contributed by atoms with Crippen molar-refractivity contribution in [2.24, 2.45) is 0 Å². The van der Waals surface area contributed by atoms with Gasteiger partial charge < -0.3 is 20.1 Å². The SMILES string of the molecule is CCC(O)CCOCC(O)CO. The van der Waals surface area contributed by atoms with Gasteiger partial charge in [-0.3, -0.25) is 0 Å². The fraction of sp³-hybridized carbons (Fsp3) is 1.00. The van der Waals surface area contributed by atoms with Gasteiger partial charge in [0.05, 0.1) is 19.3 Å². The van der Waals surface area contributed by atoms with Crippen LogP contribution in [0, 0.1) is 0 Å². The maximum atomic E-state index is 9.09. The molecule has 74 valence electrons. The summed E-state index contributed by atoms with van der Waals surface area (Å²) in [7, 11) is 0. The number of aliphatic hydroxyl groups excluding tert-OH is 3. The lowest BCUT2D eigenvalue weighted by atomic mass is 10.2. The van der Waals surface area contributed by atoms with Crippen molar-refractivity contribution >= 4 is 0 Å². The lowest BCUT2D eigenvalue weighted by Gasteiger charge is -2.10. The lowest BCUT2D eigenvalue weighted by Crippen LogP contribution is -2.20. The molecule has 0 radical (unpaired) electrons. The highest BCUT2D eigenvalue weighted by Gasteiger charge is 2.03. The van der Waals surface area contributed by atoms with Crippen LogP contribution in [-0.2, 0) is 4.74 Å². The van der Waals surface area contributed by atoms with E-state index in [0.29, 0.717) is 19.4 Å². The van der Waals surface area contributed by atoms with Crippen molar-refractivity contribution < 1.29 is 20.1 Å². The molecule has 0 aliphatic rings. The van der Waals surface area contributed by atoms with Crippen LogP contribution in [-0.4, -0.2) is 47.3 Å². The topological polar surface area (TPSA) is 69.9 Å². The zero-order valence-electron chi connectivity index (χ0n) is 7.44. The summed E-state index contributed by atoms with van der Waals surface area (Å²) in [6.45, 7) is 2.17. The molecule has 12 heavy (non-hydrogen) atoms. The summed E-state index contributed by atoms with van der Waals surface area (Å²) in [5, 5.41) is 26.3. The van der Waals surface area contributed by atoms with Crippen molar-refractivity contribution in [2.75, 3.05) is 19.8 Å². The Morgan fingerprint density at radius 1 is 1.25 bits per heavy atom. The molecule has 3 N–H and O–H groups in total. The van der Waals surface area contributed by atoms with Gasteiger partial charge in [-0.05, 0) is 12.8 Å². The Morgan fingerprint density at radius 2 is 1.92 bits per heavy atom. The van der Waals surface area contributed by atoms with E-state index in [1.54, 1.807) is 0 Å². The van der Waals surface area contributed by atoms with Crippen LogP contribution in [0.4, 0.5) is 0 Å². The fourth-order valence-corrected chi connectivity index (χ4v) is 0.696. The third-order valence-electron chi connectivity index (χ3n) is 1.59. The zero-order chi connectivity index (χ0) is 9.40. The van der Waals surface area contributed by atoms with E-state index >= 15 is 0 Å². The largest absolute Gasteiger partial charge is 0.394 e. The molecule has 4 heteroatoms. The summed E-state index contributed by atoms with van der Waals surface area (Å²) in [6.07, 6.45) is 0.167. The van der Waals surface area contributed by atoms with Crippen LogP contribution in [0.5, 0.6) is 0 Å². The summed E-state index contributed by atoms with van der Waals surface area (Å²) in [5.41, 5.74) is 0. The molecule has 0 rings (SSSR count). The van der Waals surface area contributed by atoms with E-state index in [-0.39, 0.29) is 19.3 Å². The summed E-state index contributed by atoms with van der Waals surface area (Å²) in [6, 6.07) is 0. The van der Waals surface area contributed by atoms with Crippen LogP contribution in [0.15, 0.2) is 0 Å². The molecule has 0 saturated heterocycles. The molecule has 2 atom stereocenters. The number of hydrogen-bond acceptors (Lipinski definition) is 4. The summed E-state index contributed by atoms with van der Waals surface area (Å²) >= 11 is 0. The molecule has 0 amide bonds. The highest BCUT2D eigenvalue weighted by molar-refractivity contribution is 4.52. The van der Waals surface area contributed by atoms with Crippen LogP contribution in [0.2, 0.25) is 0 Å². The molecular weight excluding hydrogens is 160 g/mol. The minimum absolute atomic E-state index is 0.132. The molecule has 0 bridgehead atoms. The standard InChI is InChI=1S/C8H18O4/c1-2-7(10)3-4-12-6-8(11)5-9/h7-11H,2-6H2,1H3. The summed E-state index contributed by atoms with van der Waals surface area (Å²) in [4.78, 5) is 0. The second-order valence-electron chi connectivity index (χ2n) is 2.76. The summed E-state index contributed by atoms with van der Waals surface area (Å²) < 4.78 is 4.99. The van der Waals surface area contributed by atoms with E-state index < -0.39 is 6.10 Å². The van der Waals surface area contributed by atoms with E-state index in [0.717, 1.165) is 0 Å². The Labute approximate surface area is 72.8 Å². The molecule has 0 fully saturated rings. The van der Waals surface area contributed by atoms with Crippen molar-refractivity contribution in [3.63, 3.8) is 0 Å². The van der Waals surface area contributed by atoms with Crippen LogP contribution >= 0.6 is 0 Å². The van der Waals surface area contributed by atoms with E-state index in [4.69, 9.17) is 20.1 Å². The first-order valence-corrected chi connectivity index (χ1v) is 4.25. The predicted octanol–water partition coefficient (Wildman–Crippen LogP) is -0.483. The number of aliphatic hydroxyl groups is 3. The molecule has 2 unspecified atom stereocenters. The van der Waals surface area contributed by atoms with E-state index in [1.165, 1.54) is 0 Å². The van der Waals surface area contributed by atoms with Crippen LogP contribution in [0.1, 0.15) is 19.8 Å². The molecule has 0 aromatic rings. The fourth-order valence-electron chi connectivity index (χ4n) is 0.696. The first-order valence-electron chi connectivity index (χ1n) is 4.25. The van der Waals surface area contributed by atoms with Crippen molar-refractivity contribution in [1.82, 2.24) is 0 Å². The molecule has 0 aromatic heterocycles. The number of ether oxygens (including phenoxy) is 1. The molecule has 0 aliphatic heterocycles. The third kappa shape index (κ3) is 6.54. The predicted molar refractivity (Wildman–Crippen MR) is 44.8 cm³/mol. The molecule has 0 aliphatic carbocycles. The summed E-state index contributed by atoms with van der Waals surface area (Å²) in [5.74, 6) is 0. The van der Waals surface area contributed by atoms with E-state index in [1.807, 2.05) is 6.92 Å². The highest BCUT2D eigenvalue weighted by atomic mass is 16.5. The van der Waals surface area contributed by atoms with Gasteiger partial charge in [0, 0.05) is 6.61 Å². The minimum atomic E-state index is -0.802. The van der Waals surface area contributed by atoms with E-state index in [9.17, 15) is 0 Å². The minimum Gasteiger partial charge on any atom is -0.394 e. The van der Waals surface area contributed by atoms with Gasteiger partial charge in [0.25, 0.3) is 0 Å². The number of rotatable bonds is 7. The van der Waals surface area contributed by atoms with Crippen LogP contribution in [0.3, 0.4) is 0 Å². The van der Waals surface area contributed by atoms with Gasteiger partial charge in [0.2, 0.25) is 0 Å². The van der Waals surface area contributed by atoms with E-state index in [2.05, 4.69) is 0 Å². The van der Waals surface area contributed by atoms with Gasteiger partial charge in [-0.15, -0.1) is 0 Å². The Hall–Kier alpha value is -0.160. The average Bonchev–Trinajstić information content (AvgIpc) is 2.11. The Kier molecular flexibility index (Phi) is 7.39. The van der Waals surface area contributed by atoms with Crippen molar-refractivity contribution in [3.05, 3.63) is 0 Å². The maximum absolute atomic E-state index is 9.09. The van der Waals surface area contributed by atoms with Crippen molar-refractivity contribution in [1.29, 1.82) is 0 Å². The monoisotopic (exact) mass is 178 g/mol. The second-order valence-corrected chi connectivity index (χ2v) is 2.76. The Balaban J connectivity index is 3.10. The van der Waals surface area contributed by atoms with Crippen molar-refractivity contribution in [3.8, 4) is 0 Å². The molecule has 0 spiro atoms. The number of hydrogen-bond donors (Lipinski definition) is 3. The van der Waals surface area contributed by atoms with Gasteiger partial charge in [0.15, 0.2) is 0 Å². The molecule has 0 saturated carbocycles. The average molecular weight is 178 g/mol. The molecule has 0 aromatic carbocycles. The second kappa shape index (κ2) is 7.49. The first kappa shape index (κ1) is 11.8. The van der Waals surface area contributed by atoms with Gasteiger partial charge >= 0.3 is 0 Å². The lowest BCUT2D eigenvalue weighted by molar-refractivity contribution is -0.00336. The van der Waals surface area contributed by atoms with Gasteiger partial charge in [0.1, 0.15) is 6.10 Å². The van der Waals surface area contributed by atoms with Gasteiger partial charge in [-0.1, -0.05) is 6.92 Å². The molecule has 0 heterocycles. The third-order valence-corrected chi connectivity index (χ3v) is 1.59. The molecular formula is C8H18O4. The smallest absolute Gasteiger partial charge is 0.100 e. The molecule has 4 nitrogen and oxygen atoms in total. The van der Waals surface area contributed by atoms with Gasteiger partial charge in [-0.2, -0.15) is 0 Å². The van der Waals surface area contributed by atoms with Crippen molar-refractivity contribution in [2.45, 2.75) is 32.0 Å². The Morgan fingerprint density at radius 3 is 2.42 bits per heavy atom. The quantitative estimate of drug-likeness (QED) is 0.460. The normalized spacial score (nSPS) is 16.0. The first-order chi connectivity index (χ1) is 5.70. The van der Waals surface area contributed by atoms with Crippen LogP contribution in [0.25, 0.3) is 0 Å². The Bertz CT molecular complexity index is 85.1. The maximum Gasteiger partial charge on any atom is 0.100 e. The van der Waals surface area contributed by atoms with Crippen LogP contribution < -0.4 is 0 Å². The van der Waals surface area contributed by atoms with Gasteiger partial charge in [-0.25, -0.2) is 0 Å². The highest BCUT2D eigenvalue weighted by Crippen LogP contribution is 1.96. The zero-order valence-corrected chi connectivity index (χ0v) is 7.44.